The van der Waals surface area contributed by atoms with Gasteiger partial charge in [-0.15, -0.1) is 11.3 Å². The molecule has 0 fully saturated rings. The molecule has 0 amide bonds. The quantitative estimate of drug-likeness (QED) is 0.718. The number of thiophene rings is 1. The van der Waals surface area contributed by atoms with Crippen LogP contribution in [-0.4, -0.2) is 51.9 Å². The van der Waals surface area contributed by atoms with Crippen LogP contribution in [0.15, 0.2) is 46.7 Å². The monoisotopic (exact) mass is 368 g/mol. The predicted octanol–water partition coefficient (Wildman–Crippen LogP) is 3.07. The van der Waals surface area contributed by atoms with Crippen molar-refractivity contribution in [1.82, 2.24) is 9.21 Å². The lowest BCUT2D eigenvalue weighted by Gasteiger charge is -2.23. The lowest BCUT2D eigenvalue weighted by Crippen LogP contribution is -2.26. The Morgan fingerprint density at radius 2 is 1.79 bits per heavy atom. The molecule has 132 valence electrons. The number of hydrogen-bond donors (Lipinski definition) is 0. The normalized spacial score (nSPS) is 13.4. The zero-order valence-electron chi connectivity index (χ0n) is 14.5. The molecular weight excluding hydrogens is 344 g/mol. The van der Waals surface area contributed by atoms with Crippen molar-refractivity contribution >= 4 is 21.4 Å². The largest absolute Gasteiger partial charge is 0.492 e. The van der Waals surface area contributed by atoms with Gasteiger partial charge in [-0.1, -0.05) is 6.07 Å². The lowest BCUT2D eigenvalue weighted by molar-refractivity contribution is 0.202. The summed E-state index contributed by atoms with van der Waals surface area (Å²) >= 11 is 1.75. The Hall–Kier alpha value is -1.41. The predicted molar refractivity (Wildman–Crippen MR) is 98.2 cm³/mol. The summed E-state index contributed by atoms with van der Waals surface area (Å²) in [6.07, 6.45) is 0. The van der Waals surface area contributed by atoms with Crippen LogP contribution in [0.5, 0.6) is 5.75 Å². The maximum Gasteiger partial charge on any atom is 0.242 e. The van der Waals surface area contributed by atoms with Crippen molar-refractivity contribution in [1.29, 1.82) is 0 Å². The molecule has 2 aromatic rings. The summed E-state index contributed by atoms with van der Waals surface area (Å²) in [5.41, 5.74) is 0. The summed E-state index contributed by atoms with van der Waals surface area (Å²) in [5, 5.41) is 2.08. The first-order chi connectivity index (χ1) is 11.3. The minimum atomic E-state index is -3.39. The van der Waals surface area contributed by atoms with Crippen LogP contribution in [0, 0.1) is 0 Å². The Morgan fingerprint density at radius 1 is 1.12 bits per heavy atom. The van der Waals surface area contributed by atoms with Crippen molar-refractivity contribution in [2.45, 2.75) is 17.9 Å². The second kappa shape index (κ2) is 8.11. The van der Waals surface area contributed by atoms with E-state index in [1.165, 1.54) is 23.3 Å². The van der Waals surface area contributed by atoms with Crippen LogP contribution in [0.25, 0.3) is 0 Å². The Balaban J connectivity index is 1.87. The minimum Gasteiger partial charge on any atom is -0.492 e. The maximum atomic E-state index is 12.0. The fourth-order valence-corrected chi connectivity index (χ4v) is 3.92. The van der Waals surface area contributed by atoms with Crippen molar-refractivity contribution in [2.24, 2.45) is 0 Å². The van der Waals surface area contributed by atoms with Crippen molar-refractivity contribution in [2.75, 3.05) is 34.3 Å². The van der Waals surface area contributed by atoms with Crippen LogP contribution in [-0.2, 0) is 10.0 Å². The molecule has 1 heterocycles. The van der Waals surface area contributed by atoms with Crippen LogP contribution in [0.2, 0.25) is 0 Å². The maximum absolute atomic E-state index is 12.0. The molecule has 0 radical (unpaired) electrons. The summed E-state index contributed by atoms with van der Waals surface area (Å²) in [7, 11) is 1.71. The second-order valence-corrected chi connectivity index (χ2v) is 8.91. The number of nitrogens with zero attached hydrogens (tertiary/aromatic N) is 2. The van der Waals surface area contributed by atoms with Crippen LogP contribution in [0.4, 0.5) is 0 Å². The van der Waals surface area contributed by atoms with E-state index in [1.807, 2.05) is 0 Å². The van der Waals surface area contributed by atoms with E-state index < -0.39 is 10.0 Å². The van der Waals surface area contributed by atoms with Crippen LogP contribution in [0.1, 0.15) is 17.8 Å². The number of benzene rings is 1. The number of hydrogen-bond acceptors (Lipinski definition) is 5. The summed E-state index contributed by atoms with van der Waals surface area (Å²) in [5.74, 6) is 0.671. The fourth-order valence-electron chi connectivity index (χ4n) is 2.17. The van der Waals surface area contributed by atoms with Gasteiger partial charge in [0, 0.05) is 31.6 Å². The molecule has 1 aromatic heterocycles. The van der Waals surface area contributed by atoms with E-state index >= 15 is 0 Å². The molecule has 0 saturated carbocycles. The zero-order valence-corrected chi connectivity index (χ0v) is 16.1. The SMILES string of the molecule is C[C@H](c1cccs1)N(C)CCOc1ccc(S(=O)(=O)N(C)C)cc1. The highest BCUT2D eigenvalue weighted by Crippen LogP contribution is 2.23. The van der Waals surface area contributed by atoms with E-state index in [0.717, 1.165) is 6.54 Å². The van der Waals surface area contributed by atoms with Gasteiger partial charge >= 0.3 is 0 Å². The van der Waals surface area contributed by atoms with E-state index in [2.05, 4.69) is 36.4 Å². The summed E-state index contributed by atoms with van der Waals surface area (Å²) in [6.45, 7) is 3.51. The highest BCUT2D eigenvalue weighted by molar-refractivity contribution is 7.89. The van der Waals surface area contributed by atoms with Gasteiger partial charge in [0.25, 0.3) is 0 Å². The van der Waals surface area contributed by atoms with Gasteiger partial charge < -0.3 is 4.74 Å². The Labute approximate surface area is 148 Å². The Bertz CT molecular complexity index is 726. The number of ether oxygens (including phenoxy) is 1. The first kappa shape index (κ1) is 18.9. The van der Waals surface area contributed by atoms with Gasteiger partial charge in [0.1, 0.15) is 12.4 Å². The molecule has 5 nitrogen and oxygen atoms in total. The number of sulfonamides is 1. The van der Waals surface area contributed by atoms with E-state index in [4.69, 9.17) is 4.74 Å². The molecule has 1 aromatic carbocycles. The lowest BCUT2D eigenvalue weighted by atomic mass is 10.2. The van der Waals surface area contributed by atoms with Gasteiger partial charge in [0.2, 0.25) is 10.0 Å². The van der Waals surface area contributed by atoms with Crippen LogP contribution in [0.3, 0.4) is 0 Å². The molecule has 24 heavy (non-hydrogen) atoms. The average Bonchev–Trinajstić information content (AvgIpc) is 3.08. The minimum absolute atomic E-state index is 0.267. The standard InChI is InChI=1S/C17H24N2O3S2/c1-14(17-6-5-13-23-17)19(4)11-12-22-15-7-9-16(10-8-15)24(20,21)18(2)3/h5-10,13-14H,11-12H2,1-4H3/t14-/m1/s1. The molecule has 0 aliphatic rings. The third-order valence-electron chi connectivity index (χ3n) is 3.93. The molecule has 0 N–H and O–H groups in total. The van der Waals surface area contributed by atoms with Gasteiger partial charge in [0.15, 0.2) is 0 Å². The molecule has 0 bridgehead atoms. The molecule has 0 spiro atoms. The Kier molecular flexibility index (Phi) is 6.40. The van der Waals surface area contributed by atoms with Crippen molar-refractivity contribution < 1.29 is 13.2 Å². The van der Waals surface area contributed by atoms with Gasteiger partial charge in [-0.3, -0.25) is 4.90 Å². The van der Waals surface area contributed by atoms with E-state index in [1.54, 1.807) is 35.6 Å². The Morgan fingerprint density at radius 3 is 2.33 bits per heavy atom. The topological polar surface area (TPSA) is 49.9 Å². The zero-order chi connectivity index (χ0) is 17.7. The fraction of sp³-hybridized carbons (Fsp3) is 0.412. The third-order valence-corrected chi connectivity index (χ3v) is 6.80. The molecule has 0 aliphatic carbocycles. The van der Waals surface area contributed by atoms with E-state index in [-0.39, 0.29) is 4.90 Å². The molecule has 0 aliphatic heterocycles. The number of rotatable bonds is 8. The highest BCUT2D eigenvalue weighted by Gasteiger charge is 2.17. The molecule has 0 unspecified atom stereocenters. The van der Waals surface area contributed by atoms with Gasteiger partial charge in [-0.25, -0.2) is 12.7 Å². The smallest absolute Gasteiger partial charge is 0.242 e. The summed E-state index contributed by atoms with van der Waals surface area (Å²) in [6, 6.07) is 11.1. The molecule has 0 saturated heterocycles. The average molecular weight is 369 g/mol. The number of likely N-dealkylation sites (N-methyl/N-ethyl adjacent to an activating group) is 1. The molecule has 7 heteroatoms. The van der Waals surface area contributed by atoms with Gasteiger partial charge in [0.05, 0.1) is 4.90 Å². The summed E-state index contributed by atoms with van der Waals surface area (Å²) in [4.78, 5) is 3.83. The van der Waals surface area contributed by atoms with Crippen molar-refractivity contribution in [3.05, 3.63) is 46.7 Å². The molecule has 2 rings (SSSR count). The second-order valence-electron chi connectivity index (χ2n) is 5.78. The molecular formula is C17H24N2O3S2. The van der Waals surface area contributed by atoms with Crippen molar-refractivity contribution in [3.8, 4) is 5.75 Å². The van der Waals surface area contributed by atoms with Gasteiger partial charge in [-0.2, -0.15) is 0 Å². The van der Waals surface area contributed by atoms with E-state index in [0.29, 0.717) is 18.4 Å². The highest BCUT2D eigenvalue weighted by atomic mass is 32.2. The van der Waals surface area contributed by atoms with Crippen molar-refractivity contribution in [3.63, 3.8) is 0 Å². The molecule has 1 atom stereocenters. The first-order valence-corrected chi connectivity index (χ1v) is 10.0. The first-order valence-electron chi connectivity index (χ1n) is 7.71. The van der Waals surface area contributed by atoms with Crippen LogP contribution < -0.4 is 4.74 Å². The van der Waals surface area contributed by atoms with E-state index in [9.17, 15) is 8.42 Å². The third kappa shape index (κ3) is 4.57. The van der Waals surface area contributed by atoms with Gasteiger partial charge in [-0.05, 0) is 49.7 Å². The van der Waals surface area contributed by atoms with Crippen LogP contribution >= 0.6 is 11.3 Å². The summed E-state index contributed by atoms with van der Waals surface area (Å²) < 4.78 is 31.0.